The molecule has 0 amide bonds. The van der Waals surface area contributed by atoms with Crippen LogP contribution in [0.15, 0.2) is 41.3 Å². The lowest BCUT2D eigenvalue weighted by Gasteiger charge is -2.12. The maximum atomic E-state index is 13.4. The van der Waals surface area contributed by atoms with Gasteiger partial charge in [-0.15, -0.1) is 0 Å². The SMILES string of the molecule is Cc1c(F)cccc1NS(=O)(=O)c1cc(Cl)ccc1N. The molecule has 20 heavy (non-hydrogen) atoms. The fourth-order valence-corrected chi connectivity index (χ4v) is 3.18. The van der Waals surface area contributed by atoms with Gasteiger partial charge in [0.15, 0.2) is 0 Å². The topological polar surface area (TPSA) is 72.2 Å². The predicted octanol–water partition coefficient (Wildman–Crippen LogP) is 3.17. The number of halogens is 2. The molecule has 2 aromatic rings. The van der Waals surface area contributed by atoms with Gasteiger partial charge in [-0.05, 0) is 37.3 Å². The van der Waals surface area contributed by atoms with E-state index in [0.29, 0.717) is 0 Å². The van der Waals surface area contributed by atoms with Gasteiger partial charge < -0.3 is 5.73 Å². The highest BCUT2D eigenvalue weighted by Crippen LogP contribution is 2.26. The molecule has 0 unspecified atom stereocenters. The molecular formula is C13H12ClFN2O2S. The third kappa shape index (κ3) is 2.86. The number of sulfonamides is 1. The van der Waals surface area contributed by atoms with Crippen LogP contribution in [0.25, 0.3) is 0 Å². The maximum Gasteiger partial charge on any atom is 0.264 e. The van der Waals surface area contributed by atoms with Crippen LogP contribution in [0.3, 0.4) is 0 Å². The quantitative estimate of drug-likeness (QED) is 0.855. The summed E-state index contributed by atoms with van der Waals surface area (Å²) >= 11 is 5.77. The summed E-state index contributed by atoms with van der Waals surface area (Å²) < 4.78 is 40.3. The summed E-state index contributed by atoms with van der Waals surface area (Å²) in [5.74, 6) is -0.496. The van der Waals surface area contributed by atoms with Gasteiger partial charge in [-0.2, -0.15) is 0 Å². The molecule has 0 aliphatic rings. The monoisotopic (exact) mass is 314 g/mol. The van der Waals surface area contributed by atoms with Crippen LogP contribution < -0.4 is 10.5 Å². The van der Waals surface area contributed by atoms with Crippen LogP contribution in [0.4, 0.5) is 15.8 Å². The summed E-state index contributed by atoms with van der Waals surface area (Å²) in [7, 11) is -3.93. The van der Waals surface area contributed by atoms with Crippen LogP contribution in [-0.2, 0) is 10.0 Å². The Morgan fingerprint density at radius 2 is 1.95 bits per heavy atom. The Hall–Kier alpha value is -1.79. The number of hydrogen-bond donors (Lipinski definition) is 2. The number of hydrogen-bond acceptors (Lipinski definition) is 3. The van der Waals surface area contributed by atoms with E-state index < -0.39 is 15.8 Å². The lowest BCUT2D eigenvalue weighted by atomic mass is 10.2. The van der Waals surface area contributed by atoms with E-state index in [4.69, 9.17) is 17.3 Å². The highest BCUT2D eigenvalue weighted by Gasteiger charge is 2.19. The molecule has 4 nitrogen and oxygen atoms in total. The Morgan fingerprint density at radius 1 is 1.25 bits per heavy atom. The van der Waals surface area contributed by atoms with Crippen molar-refractivity contribution in [2.75, 3.05) is 10.5 Å². The summed E-state index contributed by atoms with van der Waals surface area (Å²) in [6.45, 7) is 1.48. The summed E-state index contributed by atoms with van der Waals surface area (Å²) in [5.41, 5.74) is 6.07. The molecule has 0 spiro atoms. The van der Waals surface area contributed by atoms with Crippen molar-refractivity contribution >= 4 is 33.0 Å². The molecule has 2 rings (SSSR count). The minimum absolute atomic E-state index is 0.0657. The van der Waals surface area contributed by atoms with Gasteiger partial charge >= 0.3 is 0 Å². The van der Waals surface area contributed by atoms with E-state index in [1.165, 1.54) is 43.3 Å². The zero-order valence-electron chi connectivity index (χ0n) is 10.5. The first-order valence-electron chi connectivity index (χ1n) is 5.64. The molecule has 0 bridgehead atoms. The first kappa shape index (κ1) is 14.6. The highest BCUT2D eigenvalue weighted by molar-refractivity contribution is 7.92. The molecule has 0 saturated carbocycles. The average Bonchev–Trinajstić information content (AvgIpc) is 2.37. The molecule has 0 heterocycles. The Balaban J connectivity index is 2.46. The van der Waals surface area contributed by atoms with Crippen molar-refractivity contribution in [2.45, 2.75) is 11.8 Å². The van der Waals surface area contributed by atoms with Crippen molar-refractivity contribution in [3.8, 4) is 0 Å². The lowest BCUT2D eigenvalue weighted by Crippen LogP contribution is -2.15. The second kappa shape index (κ2) is 5.30. The molecule has 0 fully saturated rings. The van der Waals surface area contributed by atoms with Gasteiger partial charge in [0.05, 0.1) is 11.4 Å². The Kier molecular flexibility index (Phi) is 3.87. The molecule has 0 aromatic heterocycles. The molecule has 7 heteroatoms. The summed E-state index contributed by atoms with van der Waals surface area (Å²) in [6, 6.07) is 8.27. The fraction of sp³-hybridized carbons (Fsp3) is 0.0769. The van der Waals surface area contributed by atoms with Crippen molar-refractivity contribution in [3.63, 3.8) is 0 Å². The Morgan fingerprint density at radius 3 is 2.65 bits per heavy atom. The summed E-state index contributed by atoms with van der Waals surface area (Å²) in [4.78, 5) is -0.145. The molecule has 2 aromatic carbocycles. The number of nitrogens with one attached hydrogen (secondary N) is 1. The standard InChI is InChI=1S/C13H12ClFN2O2S/c1-8-10(15)3-2-4-12(8)17-20(18,19)13-7-9(14)5-6-11(13)16/h2-7,17H,16H2,1H3. The predicted molar refractivity (Wildman–Crippen MR) is 77.8 cm³/mol. The van der Waals surface area contributed by atoms with Gasteiger partial charge in [0, 0.05) is 10.6 Å². The van der Waals surface area contributed by atoms with Gasteiger partial charge in [-0.3, -0.25) is 4.72 Å². The molecule has 0 atom stereocenters. The van der Waals surface area contributed by atoms with Crippen molar-refractivity contribution in [1.82, 2.24) is 0 Å². The average molecular weight is 315 g/mol. The minimum Gasteiger partial charge on any atom is -0.398 e. The second-order valence-electron chi connectivity index (χ2n) is 4.20. The largest absolute Gasteiger partial charge is 0.398 e. The van der Waals surface area contributed by atoms with E-state index in [2.05, 4.69) is 4.72 Å². The fourth-order valence-electron chi connectivity index (χ4n) is 1.66. The second-order valence-corrected chi connectivity index (χ2v) is 6.29. The Bertz CT molecular complexity index is 763. The van der Waals surface area contributed by atoms with Crippen molar-refractivity contribution in [2.24, 2.45) is 0 Å². The van der Waals surface area contributed by atoms with Gasteiger partial charge in [0.1, 0.15) is 10.7 Å². The number of anilines is 2. The summed E-state index contributed by atoms with van der Waals surface area (Å²) in [6.07, 6.45) is 0. The molecule has 0 aliphatic heterocycles. The third-order valence-corrected chi connectivity index (χ3v) is 4.43. The lowest BCUT2D eigenvalue weighted by molar-refractivity contribution is 0.601. The molecular weight excluding hydrogens is 303 g/mol. The molecule has 0 saturated heterocycles. The van der Waals surface area contributed by atoms with E-state index in [1.807, 2.05) is 0 Å². The van der Waals surface area contributed by atoms with Crippen LogP contribution in [0.1, 0.15) is 5.56 Å². The van der Waals surface area contributed by atoms with Gasteiger partial charge in [0.25, 0.3) is 10.0 Å². The van der Waals surface area contributed by atoms with E-state index in [0.717, 1.165) is 0 Å². The van der Waals surface area contributed by atoms with Crippen molar-refractivity contribution in [1.29, 1.82) is 0 Å². The van der Waals surface area contributed by atoms with Crippen LogP contribution in [0.2, 0.25) is 5.02 Å². The number of nitrogens with two attached hydrogens (primary N) is 1. The van der Waals surface area contributed by atoms with E-state index in [1.54, 1.807) is 0 Å². The normalized spacial score (nSPS) is 11.3. The smallest absolute Gasteiger partial charge is 0.264 e. The number of nitrogen functional groups attached to an aromatic ring is 1. The molecule has 106 valence electrons. The van der Waals surface area contributed by atoms with Crippen LogP contribution in [0.5, 0.6) is 0 Å². The summed E-state index contributed by atoms with van der Waals surface area (Å²) in [5, 5.41) is 0.246. The molecule has 0 aliphatic carbocycles. The number of rotatable bonds is 3. The van der Waals surface area contributed by atoms with E-state index in [-0.39, 0.29) is 26.9 Å². The zero-order chi connectivity index (χ0) is 14.9. The van der Waals surface area contributed by atoms with E-state index in [9.17, 15) is 12.8 Å². The van der Waals surface area contributed by atoms with Gasteiger partial charge in [-0.25, -0.2) is 12.8 Å². The van der Waals surface area contributed by atoms with Crippen LogP contribution >= 0.6 is 11.6 Å². The molecule has 3 N–H and O–H groups in total. The number of benzene rings is 2. The first-order valence-corrected chi connectivity index (χ1v) is 7.50. The van der Waals surface area contributed by atoms with Crippen molar-refractivity contribution in [3.05, 3.63) is 52.8 Å². The van der Waals surface area contributed by atoms with Crippen LogP contribution in [-0.4, -0.2) is 8.42 Å². The van der Waals surface area contributed by atoms with Gasteiger partial charge in [0.2, 0.25) is 0 Å². The van der Waals surface area contributed by atoms with Crippen molar-refractivity contribution < 1.29 is 12.8 Å². The molecule has 0 radical (unpaired) electrons. The minimum atomic E-state index is -3.93. The zero-order valence-corrected chi connectivity index (χ0v) is 12.1. The highest BCUT2D eigenvalue weighted by atomic mass is 35.5. The van der Waals surface area contributed by atoms with Crippen LogP contribution in [0, 0.1) is 12.7 Å². The van der Waals surface area contributed by atoms with Gasteiger partial charge in [-0.1, -0.05) is 17.7 Å². The third-order valence-electron chi connectivity index (χ3n) is 2.78. The Labute approximate surface area is 121 Å². The maximum absolute atomic E-state index is 13.4. The van der Waals surface area contributed by atoms with E-state index >= 15 is 0 Å². The first-order chi connectivity index (χ1) is 9.31.